The molecule has 0 amide bonds. The molecule has 0 aromatic heterocycles. The first-order chi connectivity index (χ1) is 7.41. The van der Waals surface area contributed by atoms with Crippen molar-refractivity contribution in [1.82, 2.24) is 5.32 Å². The molecule has 92 valence electrons. The summed E-state index contributed by atoms with van der Waals surface area (Å²) in [5, 5.41) is 4.68. The molecule has 0 saturated carbocycles. The minimum Gasteiger partial charge on any atom is -0.317 e. The molecule has 1 N–H and O–H groups in total. The first-order valence-corrected chi connectivity index (χ1v) is 7.80. The first kappa shape index (κ1) is 15.4. The van der Waals surface area contributed by atoms with E-state index in [1.807, 2.05) is 0 Å². The lowest BCUT2D eigenvalue weighted by molar-refractivity contribution is 0.557. The summed E-state index contributed by atoms with van der Waals surface area (Å²) in [6.07, 6.45) is 12.4. The maximum Gasteiger partial charge on any atom is 0.00313 e. The fourth-order valence-electron chi connectivity index (χ4n) is 1.68. The van der Waals surface area contributed by atoms with Gasteiger partial charge in [-0.25, -0.2) is 0 Å². The highest BCUT2D eigenvalue weighted by molar-refractivity contribution is 9.09. The second-order valence-corrected chi connectivity index (χ2v) is 5.06. The molecule has 15 heavy (non-hydrogen) atoms. The van der Waals surface area contributed by atoms with Crippen LogP contribution in [0.1, 0.15) is 64.7 Å². The Morgan fingerprint density at radius 2 is 1.27 bits per heavy atom. The molecule has 0 aromatic rings. The zero-order chi connectivity index (χ0) is 11.2. The standard InChI is InChI=1S/C13H28BrN/c1-2-3-4-5-6-9-12-15-13-10-7-8-11-14/h15H,2-13H2,1H3. The van der Waals surface area contributed by atoms with Gasteiger partial charge in [-0.1, -0.05) is 61.4 Å². The zero-order valence-corrected chi connectivity index (χ0v) is 11.9. The Kier molecular flexibility index (Phi) is 14.9. The maximum atomic E-state index is 3.52. The predicted molar refractivity (Wildman–Crippen MR) is 73.9 cm³/mol. The molecule has 0 aliphatic rings. The molecule has 0 fully saturated rings. The molecule has 0 heterocycles. The SMILES string of the molecule is CCCCCCCCNCCCCCBr. The molecule has 0 aliphatic heterocycles. The summed E-state index contributed by atoms with van der Waals surface area (Å²) >= 11 is 3.45. The Labute approximate surface area is 105 Å². The largest absolute Gasteiger partial charge is 0.317 e. The third-order valence-corrected chi connectivity index (χ3v) is 3.26. The highest BCUT2D eigenvalue weighted by Gasteiger charge is 1.91. The summed E-state index contributed by atoms with van der Waals surface area (Å²) in [5.74, 6) is 0. The Hall–Kier alpha value is 0.440. The van der Waals surface area contributed by atoms with Crippen molar-refractivity contribution in [3.8, 4) is 0 Å². The van der Waals surface area contributed by atoms with Crippen LogP contribution in [0.15, 0.2) is 0 Å². The number of rotatable bonds is 12. The Morgan fingerprint density at radius 1 is 0.733 bits per heavy atom. The number of unbranched alkanes of at least 4 members (excludes halogenated alkanes) is 7. The van der Waals surface area contributed by atoms with Crippen molar-refractivity contribution in [3.05, 3.63) is 0 Å². The number of alkyl halides is 1. The molecular weight excluding hydrogens is 250 g/mol. The van der Waals surface area contributed by atoms with E-state index in [0.29, 0.717) is 0 Å². The fraction of sp³-hybridized carbons (Fsp3) is 1.00. The van der Waals surface area contributed by atoms with Gasteiger partial charge in [0.05, 0.1) is 0 Å². The quantitative estimate of drug-likeness (QED) is 0.409. The van der Waals surface area contributed by atoms with Crippen LogP contribution in [-0.4, -0.2) is 18.4 Å². The van der Waals surface area contributed by atoms with E-state index in [0.717, 1.165) is 5.33 Å². The van der Waals surface area contributed by atoms with Crippen LogP contribution in [0.4, 0.5) is 0 Å². The number of nitrogens with one attached hydrogen (secondary N) is 1. The van der Waals surface area contributed by atoms with Crippen molar-refractivity contribution >= 4 is 15.9 Å². The van der Waals surface area contributed by atoms with Gasteiger partial charge in [-0.3, -0.25) is 0 Å². The second-order valence-electron chi connectivity index (χ2n) is 4.27. The first-order valence-electron chi connectivity index (χ1n) is 6.68. The normalized spacial score (nSPS) is 10.8. The highest BCUT2D eigenvalue weighted by atomic mass is 79.9. The molecule has 0 aromatic carbocycles. The molecule has 0 aliphatic carbocycles. The maximum absolute atomic E-state index is 3.52. The lowest BCUT2D eigenvalue weighted by Crippen LogP contribution is -2.16. The summed E-state index contributed by atoms with van der Waals surface area (Å²) < 4.78 is 0. The van der Waals surface area contributed by atoms with Gasteiger partial charge in [-0.05, 0) is 32.4 Å². The van der Waals surface area contributed by atoms with Gasteiger partial charge in [0.1, 0.15) is 0 Å². The van der Waals surface area contributed by atoms with Crippen molar-refractivity contribution < 1.29 is 0 Å². The van der Waals surface area contributed by atoms with E-state index in [2.05, 4.69) is 28.2 Å². The summed E-state index contributed by atoms with van der Waals surface area (Å²) in [6, 6.07) is 0. The van der Waals surface area contributed by atoms with Gasteiger partial charge in [0.15, 0.2) is 0 Å². The van der Waals surface area contributed by atoms with Crippen molar-refractivity contribution in [3.63, 3.8) is 0 Å². The molecular formula is C13H28BrN. The highest BCUT2D eigenvalue weighted by Crippen LogP contribution is 2.04. The van der Waals surface area contributed by atoms with Crippen LogP contribution >= 0.6 is 15.9 Å². The van der Waals surface area contributed by atoms with Gasteiger partial charge < -0.3 is 5.32 Å². The Balaban J connectivity index is 2.81. The molecule has 0 rings (SSSR count). The van der Waals surface area contributed by atoms with Gasteiger partial charge in [0, 0.05) is 5.33 Å². The molecule has 0 unspecified atom stereocenters. The molecule has 0 spiro atoms. The Morgan fingerprint density at radius 3 is 1.87 bits per heavy atom. The minimum atomic E-state index is 1.16. The van der Waals surface area contributed by atoms with Gasteiger partial charge in [0.25, 0.3) is 0 Å². The van der Waals surface area contributed by atoms with Gasteiger partial charge in [-0.15, -0.1) is 0 Å². The van der Waals surface area contributed by atoms with Crippen LogP contribution in [0.5, 0.6) is 0 Å². The van der Waals surface area contributed by atoms with E-state index in [-0.39, 0.29) is 0 Å². The predicted octanol–water partition coefficient (Wildman–Crippen LogP) is 4.50. The van der Waals surface area contributed by atoms with Crippen LogP contribution in [0.3, 0.4) is 0 Å². The summed E-state index contributed by atoms with van der Waals surface area (Å²) in [7, 11) is 0. The third kappa shape index (κ3) is 14.4. The monoisotopic (exact) mass is 277 g/mol. The topological polar surface area (TPSA) is 12.0 Å². The third-order valence-electron chi connectivity index (χ3n) is 2.69. The molecule has 0 radical (unpaired) electrons. The van der Waals surface area contributed by atoms with Crippen LogP contribution in [0.2, 0.25) is 0 Å². The molecule has 1 nitrogen and oxygen atoms in total. The van der Waals surface area contributed by atoms with E-state index in [1.165, 1.54) is 70.9 Å². The average Bonchev–Trinajstić information content (AvgIpc) is 2.26. The molecule has 0 saturated heterocycles. The molecule has 0 atom stereocenters. The second kappa shape index (κ2) is 14.4. The van der Waals surface area contributed by atoms with Gasteiger partial charge >= 0.3 is 0 Å². The smallest absolute Gasteiger partial charge is 0.00313 e. The molecule has 0 bridgehead atoms. The summed E-state index contributed by atoms with van der Waals surface area (Å²) in [5.41, 5.74) is 0. The summed E-state index contributed by atoms with van der Waals surface area (Å²) in [4.78, 5) is 0. The van der Waals surface area contributed by atoms with Crippen molar-refractivity contribution in [2.24, 2.45) is 0 Å². The average molecular weight is 278 g/mol. The molecule has 2 heteroatoms. The van der Waals surface area contributed by atoms with Crippen LogP contribution < -0.4 is 5.32 Å². The van der Waals surface area contributed by atoms with Gasteiger partial charge in [-0.2, -0.15) is 0 Å². The van der Waals surface area contributed by atoms with Crippen molar-refractivity contribution in [2.45, 2.75) is 64.7 Å². The van der Waals surface area contributed by atoms with E-state index in [9.17, 15) is 0 Å². The van der Waals surface area contributed by atoms with Gasteiger partial charge in [0.2, 0.25) is 0 Å². The Bertz CT molecular complexity index is 94.7. The van der Waals surface area contributed by atoms with Crippen LogP contribution in [0.25, 0.3) is 0 Å². The minimum absolute atomic E-state index is 1.16. The summed E-state index contributed by atoms with van der Waals surface area (Å²) in [6.45, 7) is 4.71. The number of hydrogen-bond donors (Lipinski definition) is 1. The fourth-order valence-corrected chi connectivity index (χ4v) is 2.07. The lowest BCUT2D eigenvalue weighted by atomic mass is 10.1. The number of hydrogen-bond acceptors (Lipinski definition) is 1. The van der Waals surface area contributed by atoms with Crippen LogP contribution in [-0.2, 0) is 0 Å². The van der Waals surface area contributed by atoms with E-state index in [4.69, 9.17) is 0 Å². The lowest BCUT2D eigenvalue weighted by Gasteiger charge is -2.04. The van der Waals surface area contributed by atoms with E-state index in [1.54, 1.807) is 0 Å². The van der Waals surface area contributed by atoms with E-state index < -0.39 is 0 Å². The number of halogens is 1. The zero-order valence-electron chi connectivity index (χ0n) is 10.4. The van der Waals surface area contributed by atoms with Crippen LogP contribution in [0, 0.1) is 0 Å². The van der Waals surface area contributed by atoms with Crippen molar-refractivity contribution in [2.75, 3.05) is 18.4 Å². The van der Waals surface area contributed by atoms with Crippen molar-refractivity contribution in [1.29, 1.82) is 0 Å². The van der Waals surface area contributed by atoms with E-state index >= 15 is 0 Å².